The fourth-order valence-corrected chi connectivity index (χ4v) is 5.77. The van der Waals surface area contributed by atoms with Crippen LogP contribution in [0.2, 0.25) is 0 Å². The fraction of sp³-hybridized carbons (Fsp3) is 0.421. The highest BCUT2D eigenvalue weighted by Gasteiger charge is 2.30. The molecule has 0 bridgehead atoms. The van der Waals surface area contributed by atoms with Gasteiger partial charge in [-0.3, -0.25) is 9.59 Å². The second-order valence-corrected chi connectivity index (χ2v) is 9.97. The van der Waals surface area contributed by atoms with Crippen molar-refractivity contribution in [2.24, 2.45) is 0 Å². The number of rotatable bonds is 4. The van der Waals surface area contributed by atoms with E-state index in [0.717, 1.165) is 22.4 Å². The minimum Gasteiger partial charge on any atom is -0.354 e. The second-order valence-electron chi connectivity index (χ2n) is 7.16. The van der Waals surface area contributed by atoms with Crippen molar-refractivity contribution in [3.8, 4) is 0 Å². The van der Waals surface area contributed by atoms with Crippen LogP contribution in [0, 0.1) is 0 Å². The monoisotopic (exact) mass is 449 g/mol. The van der Waals surface area contributed by atoms with E-state index in [9.17, 15) is 18.0 Å². The van der Waals surface area contributed by atoms with E-state index in [4.69, 9.17) is 0 Å². The number of hydrogen-bond donors (Lipinski definition) is 1. The Balaban J connectivity index is 1.49. The van der Waals surface area contributed by atoms with E-state index < -0.39 is 10.0 Å². The highest BCUT2D eigenvalue weighted by atomic mass is 32.2. The third-order valence-corrected chi connectivity index (χ3v) is 7.87. The maximum atomic E-state index is 13.1. The van der Waals surface area contributed by atoms with E-state index >= 15 is 0 Å². The summed E-state index contributed by atoms with van der Waals surface area (Å²) in [5, 5.41) is 5.49. The predicted molar refractivity (Wildman–Crippen MR) is 113 cm³/mol. The molecule has 0 spiro atoms. The Kier molecular flexibility index (Phi) is 6.02. The van der Waals surface area contributed by atoms with E-state index in [1.165, 1.54) is 12.1 Å². The normalized spacial score (nSPS) is 18.7. The van der Waals surface area contributed by atoms with Crippen molar-refractivity contribution < 1.29 is 18.0 Å². The van der Waals surface area contributed by atoms with Gasteiger partial charge in [-0.05, 0) is 24.6 Å². The smallest absolute Gasteiger partial charge is 0.253 e. The molecule has 4 rings (SSSR count). The lowest BCUT2D eigenvalue weighted by atomic mass is 10.2. The van der Waals surface area contributed by atoms with Crippen molar-refractivity contribution in [3.05, 3.63) is 41.4 Å². The van der Waals surface area contributed by atoms with E-state index in [1.807, 2.05) is 5.38 Å². The lowest BCUT2D eigenvalue weighted by Crippen LogP contribution is -2.49. The Morgan fingerprint density at radius 1 is 1.13 bits per heavy atom. The van der Waals surface area contributed by atoms with Gasteiger partial charge in [-0.2, -0.15) is 4.31 Å². The average Bonchev–Trinajstić information content (AvgIpc) is 3.18. The summed E-state index contributed by atoms with van der Waals surface area (Å²) in [6.07, 6.45) is 2.58. The number of carbonyl (C=O) groups excluding carboxylic acids is 2. The van der Waals surface area contributed by atoms with Gasteiger partial charge in [0.05, 0.1) is 11.4 Å². The zero-order valence-electron chi connectivity index (χ0n) is 16.4. The predicted octanol–water partition coefficient (Wildman–Crippen LogP) is 0.616. The fourth-order valence-electron chi connectivity index (χ4n) is 3.63. The minimum absolute atomic E-state index is 0.0299. The number of benzene rings is 1. The first-order valence-electron chi connectivity index (χ1n) is 9.76. The Hall–Kier alpha value is -2.50. The quantitative estimate of drug-likeness (QED) is 0.734. The summed E-state index contributed by atoms with van der Waals surface area (Å²) in [6, 6.07) is 6.08. The number of piperazine rings is 1. The zero-order valence-corrected chi connectivity index (χ0v) is 18.0. The molecule has 1 aromatic carbocycles. The summed E-state index contributed by atoms with van der Waals surface area (Å²) in [6.45, 7) is 2.93. The van der Waals surface area contributed by atoms with Gasteiger partial charge in [0.25, 0.3) is 5.91 Å². The molecule has 0 radical (unpaired) electrons. The summed E-state index contributed by atoms with van der Waals surface area (Å²) in [5.41, 5.74) is 0.334. The first-order chi connectivity index (χ1) is 14.4. The van der Waals surface area contributed by atoms with E-state index in [0.29, 0.717) is 25.2 Å². The van der Waals surface area contributed by atoms with E-state index in [-0.39, 0.29) is 36.3 Å². The Morgan fingerprint density at radius 3 is 2.77 bits per heavy atom. The van der Waals surface area contributed by atoms with Crippen LogP contribution < -0.4 is 10.2 Å². The molecule has 9 nitrogen and oxygen atoms in total. The van der Waals surface area contributed by atoms with Gasteiger partial charge in [-0.15, -0.1) is 11.3 Å². The van der Waals surface area contributed by atoms with Gasteiger partial charge >= 0.3 is 0 Å². The van der Waals surface area contributed by atoms with Gasteiger partial charge in [0.1, 0.15) is 0 Å². The Morgan fingerprint density at radius 2 is 2.00 bits per heavy atom. The maximum absolute atomic E-state index is 13.1. The SMILES string of the molecule is O=C1CN(S(=O)(=O)c2cccc(C(=O)N3CCCN(c4nccs4)CC3)c2)CCN1. The summed E-state index contributed by atoms with van der Waals surface area (Å²) in [4.78, 5) is 33.0. The molecule has 2 aliphatic rings. The molecule has 2 fully saturated rings. The molecule has 0 atom stereocenters. The number of sulfonamides is 1. The van der Waals surface area contributed by atoms with Gasteiger partial charge in [0, 0.05) is 56.4 Å². The van der Waals surface area contributed by atoms with Crippen LogP contribution >= 0.6 is 11.3 Å². The van der Waals surface area contributed by atoms with Crippen LogP contribution in [0.5, 0.6) is 0 Å². The van der Waals surface area contributed by atoms with E-state index in [2.05, 4.69) is 15.2 Å². The first-order valence-corrected chi connectivity index (χ1v) is 12.1. The second kappa shape index (κ2) is 8.70. The third kappa shape index (κ3) is 4.32. The van der Waals surface area contributed by atoms with Crippen molar-refractivity contribution in [3.63, 3.8) is 0 Å². The van der Waals surface area contributed by atoms with Gasteiger partial charge in [-0.25, -0.2) is 13.4 Å². The standard InChI is InChI=1S/C19H23N5O4S2/c25-17-14-24(9-5-20-17)30(27,28)16-4-1-3-15(13-16)18(26)22-7-2-8-23(11-10-22)19-21-6-12-29-19/h1,3-4,6,12-13H,2,5,7-11,14H2,(H,20,25). The molecule has 2 saturated heterocycles. The first kappa shape index (κ1) is 20.8. The molecule has 0 aliphatic carbocycles. The molecule has 0 unspecified atom stereocenters. The van der Waals surface area contributed by atoms with Crippen molar-refractivity contribution in [1.29, 1.82) is 0 Å². The molecule has 11 heteroatoms. The Bertz CT molecular complexity index is 1030. The number of carbonyl (C=O) groups is 2. The molecule has 0 saturated carbocycles. The van der Waals surface area contributed by atoms with Crippen molar-refractivity contribution >= 4 is 38.3 Å². The van der Waals surface area contributed by atoms with E-state index in [1.54, 1.807) is 34.6 Å². The van der Waals surface area contributed by atoms with Crippen molar-refractivity contribution in [2.75, 3.05) is 50.7 Å². The number of aromatic nitrogens is 1. The molecule has 160 valence electrons. The highest BCUT2D eigenvalue weighted by molar-refractivity contribution is 7.89. The number of amides is 2. The summed E-state index contributed by atoms with van der Waals surface area (Å²) >= 11 is 1.57. The van der Waals surface area contributed by atoms with Crippen LogP contribution in [0.3, 0.4) is 0 Å². The average molecular weight is 450 g/mol. The zero-order chi connectivity index (χ0) is 21.1. The third-order valence-electron chi connectivity index (χ3n) is 5.20. The molecule has 1 N–H and O–H groups in total. The van der Waals surface area contributed by atoms with Crippen molar-refractivity contribution in [1.82, 2.24) is 19.5 Å². The highest BCUT2D eigenvalue weighted by Crippen LogP contribution is 2.21. The number of thiazole rings is 1. The topological polar surface area (TPSA) is 103 Å². The van der Waals surface area contributed by atoms with Gasteiger partial charge < -0.3 is 15.1 Å². The van der Waals surface area contributed by atoms with Crippen LogP contribution in [0.1, 0.15) is 16.8 Å². The van der Waals surface area contributed by atoms with Gasteiger partial charge in [0.2, 0.25) is 15.9 Å². The number of nitrogens with zero attached hydrogens (tertiary/aromatic N) is 4. The lowest BCUT2D eigenvalue weighted by molar-refractivity contribution is -0.122. The molecule has 3 heterocycles. The molecule has 30 heavy (non-hydrogen) atoms. The van der Waals surface area contributed by atoms with Crippen LogP contribution in [0.4, 0.5) is 5.13 Å². The van der Waals surface area contributed by atoms with Crippen molar-refractivity contribution in [2.45, 2.75) is 11.3 Å². The summed E-state index contributed by atoms with van der Waals surface area (Å²) in [7, 11) is -3.84. The largest absolute Gasteiger partial charge is 0.354 e. The minimum atomic E-state index is -3.84. The van der Waals surface area contributed by atoms with Crippen LogP contribution in [-0.2, 0) is 14.8 Å². The molecule has 1 aromatic heterocycles. The van der Waals surface area contributed by atoms with Crippen LogP contribution in [0.15, 0.2) is 40.7 Å². The Labute approximate surface area is 179 Å². The van der Waals surface area contributed by atoms with Gasteiger partial charge in [0.15, 0.2) is 5.13 Å². The molecular weight excluding hydrogens is 426 g/mol. The summed E-state index contributed by atoms with van der Waals surface area (Å²) < 4.78 is 27.0. The number of nitrogens with one attached hydrogen (secondary N) is 1. The van der Waals surface area contributed by atoms with Crippen LogP contribution in [0.25, 0.3) is 0 Å². The van der Waals surface area contributed by atoms with Crippen LogP contribution in [-0.4, -0.2) is 80.2 Å². The number of hydrogen-bond acceptors (Lipinski definition) is 7. The molecule has 2 amide bonds. The molecule has 2 aliphatic heterocycles. The molecule has 2 aromatic rings. The number of anilines is 1. The lowest BCUT2D eigenvalue weighted by Gasteiger charge is -2.26. The maximum Gasteiger partial charge on any atom is 0.253 e. The van der Waals surface area contributed by atoms with Gasteiger partial charge in [-0.1, -0.05) is 6.07 Å². The molecular formula is C19H23N5O4S2. The summed E-state index contributed by atoms with van der Waals surface area (Å²) in [5.74, 6) is -0.518.